The first kappa shape index (κ1) is 19.2. The molecular formula is C16H20N4O6. The van der Waals surface area contributed by atoms with Crippen LogP contribution in [0.25, 0.3) is 11.0 Å². The first-order valence-corrected chi connectivity index (χ1v) is 7.71. The summed E-state index contributed by atoms with van der Waals surface area (Å²) in [5.74, 6) is -0.392. The fraction of sp³-hybridized carbons (Fsp3) is 0.438. The molecule has 0 aliphatic heterocycles. The summed E-state index contributed by atoms with van der Waals surface area (Å²) in [6.45, 7) is 5.32. The number of ether oxygens (including phenoxy) is 2. The van der Waals surface area contributed by atoms with Crippen LogP contribution in [0, 0.1) is 10.1 Å². The number of hydrogen-bond donors (Lipinski definition) is 1. The largest absolute Gasteiger partial charge is 0.465 e. The first-order chi connectivity index (χ1) is 12.0. The number of benzene rings is 1. The molecule has 10 heteroatoms. The van der Waals surface area contributed by atoms with Crippen molar-refractivity contribution in [2.24, 2.45) is 0 Å². The van der Waals surface area contributed by atoms with Crippen molar-refractivity contribution in [2.75, 3.05) is 14.2 Å². The molecule has 0 fully saturated rings. The monoisotopic (exact) mass is 364 g/mol. The fourth-order valence-corrected chi connectivity index (χ4v) is 2.23. The van der Waals surface area contributed by atoms with Crippen molar-refractivity contribution >= 4 is 28.8 Å². The predicted octanol–water partition coefficient (Wildman–Crippen LogP) is 2.62. The number of fused-ring (bicyclic) bond motifs is 1. The van der Waals surface area contributed by atoms with Crippen molar-refractivity contribution < 1.29 is 24.0 Å². The highest BCUT2D eigenvalue weighted by Crippen LogP contribution is 2.25. The maximum atomic E-state index is 12.0. The first-order valence-electron chi connectivity index (χ1n) is 7.71. The summed E-state index contributed by atoms with van der Waals surface area (Å²) >= 11 is 0. The molecule has 0 spiro atoms. The lowest BCUT2D eigenvalue weighted by Gasteiger charge is -2.24. The Morgan fingerprint density at radius 2 is 2.00 bits per heavy atom. The summed E-state index contributed by atoms with van der Waals surface area (Å²) in [4.78, 5) is 42.9. The van der Waals surface area contributed by atoms with Crippen LogP contribution < -0.4 is 0 Å². The van der Waals surface area contributed by atoms with Crippen LogP contribution in [-0.4, -0.2) is 51.6 Å². The van der Waals surface area contributed by atoms with Gasteiger partial charge in [0.25, 0.3) is 5.69 Å². The van der Waals surface area contributed by atoms with Crippen LogP contribution in [0.15, 0.2) is 12.1 Å². The van der Waals surface area contributed by atoms with Gasteiger partial charge in [0, 0.05) is 19.2 Å². The van der Waals surface area contributed by atoms with Crippen LogP contribution >= 0.6 is 0 Å². The van der Waals surface area contributed by atoms with Crippen LogP contribution in [0.5, 0.6) is 0 Å². The quantitative estimate of drug-likeness (QED) is 0.502. The highest BCUT2D eigenvalue weighted by molar-refractivity contribution is 6.03. The van der Waals surface area contributed by atoms with Crippen molar-refractivity contribution in [3.63, 3.8) is 0 Å². The van der Waals surface area contributed by atoms with Crippen LogP contribution in [0.1, 0.15) is 37.0 Å². The number of non-ortho nitro benzene ring substituents is 1. The van der Waals surface area contributed by atoms with Gasteiger partial charge in [-0.15, -0.1) is 0 Å². The van der Waals surface area contributed by atoms with Crippen molar-refractivity contribution in [2.45, 2.75) is 32.9 Å². The zero-order valence-corrected chi connectivity index (χ0v) is 15.2. The number of nitrogens with zero attached hydrogens (tertiary/aromatic N) is 3. The number of imidazole rings is 1. The van der Waals surface area contributed by atoms with E-state index < -0.39 is 22.6 Å². The summed E-state index contributed by atoms with van der Waals surface area (Å²) in [5.41, 5.74) is -0.410. The van der Waals surface area contributed by atoms with Crippen LogP contribution in [0.4, 0.5) is 10.5 Å². The minimum atomic E-state index is -0.739. The molecule has 0 radical (unpaired) electrons. The molecule has 2 aromatic rings. The van der Waals surface area contributed by atoms with Gasteiger partial charge in [0.05, 0.1) is 29.7 Å². The molecular weight excluding hydrogens is 344 g/mol. The molecule has 0 atom stereocenters. The lowest BCUT2D eigenvalue weighted by Crippen LogP contribution is -2.34. The third-order valence-electron chi connectivity index (χ3n) is 3.33. The summed E-state index contributed by atoms with van der Waals surface area (Å²) in [7, 11) is 2.71. The molecule has 0 saturated carbocycles. The Morgan fingerprint density at radius 1 is 1.35 bits per heavy atom. The summed E-state index contributed by atoms with van der Waals surface area (Å²) < 4.78 is 9.92. The molecule has 0 aliphatic rings. The molecule has 26 heavy (non-hydrogen) atoms. The molecule has 1 heterocycles. The Kier molecular flexibility index (Phi) is 5.15. The van der Waals surface area contributed by atoms with Crippen molar-refractivity contribution in [3.8, 4) is 0 Å². The molecule has 1 N–H and O–H groups in total. The summed E-state index contributed by atoms with van der Waals surface area (Å²) in [5, 5.41) is 11.1. The molecule has 1 amide bonds. The highest BCUT2D eigenvalue weighted by atomic mass is 16.6. The molecule has 10 nitrogen and oxygen atoms in total. The Labute approximate surface area is 149 Å². The fourth-order valence-electron chi connectivity index (χ4n) is 2.23. The molecule has 0 bridgehead atoms. The number of amides is 1. The van der Waals surface area contributed by atoms with Gasteiger partial charge in [0.15, 0.2) is 0 Å². The maximum absolute atomic E-state index is 12.0. The van der Waals surface area contributed by atoms with E-state index in [1.807, 2.05) is 0 Å². The number of hydrogen-bond acceptors (Lipinski definition) is 7. The van der Waals surface area contributed by atoms with Gasteiger partial charge in [-0.2, -0.15) is 0 Å². The second-order valence-electron chi connectivity index (χ2n) is 6.66. The normalized spacial score (nSPS) is 11.3. The van der Waals surface area contributed by atoms with Gasteiger partial charge in [0.1, 0.15) is 16.9 Å². The minimum Gasteiger partial charge on any atom is -0.465 e. The van der Waals surface area contributed by atoms with Crippen LogP contribution in [-0.2, 0) is 16.0 Å². The Morgan fingerprint density at radius 3 is 2.54 bits per heavy atom. The second-order valence-corrected chi connectivity index (χ2v) is 6.66. The van der Waals surface area contributed by atoms with Gasteiger partial charge in [-0.3, -0.25) is 10.1 Å². The van der Waals surface area contributed by atoms with E-state index in [4.69, 9.17) is 4.74 Å². The molecule has 140 valence electrons. The molecule has 1 aromatic heterocycles. The number of aromatic amines is 1. The molecule has 0 aliphatic carbocycles. The number of aromatic nitrogens is 2. The van der Waals surface area contributed by atoms with E-state index in [2.05, 4.69) is 14.7 Å². The van der Waals surface area contributed by atoms with E-state index in [1.54, 1.807) is 20.8 Å². The summed E-state index contributed by atoms with van der Waals surface area (Å²) in [6, 6.07) is 2.38. The smallest absolute Gasteiger partial charge is 0.410 e. The van der Waals surface area contributed by atoms with Gasteiger partial charge in [0.2, 0.25) is 0 Å². The third kappa shape index (κ3) is 4.26. The number of methoxy groups -OCH3 is 1. The lowest BCUT2D eigenvalue weighted by atomic mass is 10.1. The third-order valence-corrected chi connectivity index (χ3v) is 3.33. The minimum absolute atomic E-state index is 0.0286. The number of nitro benzene ring substituents is 1. The average molecular weight is 364 g/mol. The SMILES string of the molecule is COC(=O)c1cc([N+](=O)[O-])cc2[nH]c(CN(C)C(=O)OC(C)(C)C)nc12. The standard InChI is InChI=1S/C16H20N4O6/c1-16(2,3)26-15(22)19(4)8-12-17-11-7-9(20(23)24)6-10(13(11)18-12)14(21)25-5/h6-7H,8H2,1-5H3,(H,17,18). The lowest BCUT2D eigenvalue weighted by molar-refractivity contribution is -0.384. The summed E-state index contributed by atoms with van der Waals surface area (Å²) in [6.07, 6.45) is -0.544. The number of carbonyl (C=O) groups is 2. The Balaban J connectivity index is 2.37. The molecule has 1 aromatic carbocycles. The van der Waals surface area contributed by atoms with E-state index in [9.17, 15) is 19.7 Å². The number of nitro groups is 1. The van der Waals surface area contributed by atoms with Gasteiger partial charge in [-0.05, 0) is 20.8 Å². The van der Waals surface area contributed by atoms with Crippen LogP contribution in [0.2, 0.25) is 0 Å². The number of nitrogens with one attached hydrogen (secondary N) is 1. The average Bonchev–Trinajstić information content (AvgIpc) is 2.93. The Hall–Kier alpha value is -3.17. The Bertz CT molecular complexity index is 867. The number of esters is 1. The molecule has 0 unspecified atom stereocenters. The van der Waals surface area contributed by atoms with Crippen LogP contribution in [0.3, 0.4) is 0 Å². The molecule has 2 rings (SSSR count). The maximum Gasteiger partial charge on any atom is 0.410 e. The van der Waals surface area contributed by atoms with Gasteiger partial charge in [-0.25, -0.2) is 14.6 Å². The van der Waals surface area contributed by atoms with Gasteiger partial charge < -0.3 is 19.4 Å². The highest BCUT2D eigenvalue weighted by Gasteiger charge is 2.23. The van der Waals surface area contributed by atoms with E-state index in [0.29, 0.717) is 11.3 Å². The molecule has 0 saturated heterocycles. The van der Waals surface area contributed by atoms with E-state index in [1.165, 1.54) is 25.1 Å². The van der Waals surface area contributed by atoms with Crippen molar-refractivity contribution in [1.82, 2.24) is 14.9 Å². The second kappa shape index (κ2) is 6.98. The zero-order chi connectivity index (χ0) is 19.6. The van der Waals surface area contributed by atoms with E-state index in [-0.39, 0.29) is 23.3 Å². The van der Waals surface area contributed by atoms with Gasteiger partial charge >= 0.3 is 12.1 Å². The van der Waals surface area contributed by atoms with Crippen molar-refractivity contribution in [1.29, 1.82) is 0 Å². The topological polar surface area (TPSA) is 128 Å². The van der Waals surface area contributed by atoms with Gasteiger partial charge in [-0.1, -0.05) is 0 Å². The number of rotatable bonds is 4. The predicted molar refractivity (Wildman–Crippen MR) is 91.8 cm³/mol. The van der Waals surface area contributed by atoms with E-state index >= 15 is 0 Å². The number of carbonyl (C=O) groups excluding carboxylic acids is 2. The van der Waals surface area contributed by atoms with Crippen molar-refractivity contribution in [3.05, 3.63) is 33.6 Å². The van der Waals surface area contributed by atoms with E-state index in [0.717, 1.165) is 6.07 Å². The zero-order valence-electron chi connectivity index (χ0n) is 15.2. The number of H-pyrrole nitrogens is 1.